The van der Waals surface area contributed by atoms with Crippen molar-refractivity contribution in [1.29, 1.82) is 0 Å². The Labute approximate surface area is 115 Å². The number of rotatable bonds is 4. The van der Waals surface area contributed by atoms with Crippen molar-refractivity contribution in [2.75, 3.05) is 6.61 Å². The number of benzene rings is 1. The van der Waals surface area contributed by atoms with Gasteiger partial charge in [-0.1, -0.05) is 0 Å². The monoisotopic (exact) mass is 312 g/mol. The van der Waals surface area contributed by atoms with Crippen LogP contribution in [0, 0.1) is 5.92 Å². The van der Waals surface area contributed by atoms with Crippen molar-refractivity contribution in [2.45, 2.75) is 25.2 Å². The summed E-state index contributed by atoms with van der Waals surface area (Å²) in [6, 6.07) is 0.917. The third-order valence-corrected chi connectivity index (χ3v) is 2.97. The van der Waals surface area contributed by atoms with Gasteiger partial charge in [0.2, 0.25) is 0 Å². The highest BCUT2D eigenvalue weighted by atomic mass is 19.4. The molecule has 1 aromatic carbocycles. The van der Waals surface area contributed by atoms with E-state index >= 15 is 0 Å². The smallest absolute Gasteiger partial charge is 0.416 e. The fourth-order valence-corrected chi connectivity index (χ4v) is 1.69. The number of carbonyl (C=O) groups excluding carboxylic acids is 1. The fourth-order valence-electron chi connectivity index (χ4n) is 1.69. The van der Waals surface area contributed by atoms with Gasteiger partial charge in [-0.05, 0) is 31.0 Å². The van der Waals surface area contributed by atoms with E-state index in [0.717, 1.165) is 0 Å². The lowest BCUT2D eigenvalue weighted by Crippen LogP contribution is -2.15. The third kappa shape index (κ3) is 4.12. The Kier molecular flexibility index (Phi) is 3.90. The normalized spacial score (nSPS) is 15.9. The molecule has 0 spiro atoms. The predicted molar refractivity (Wildman–Crippen MR) is 59.7 cm³/mol. The number of halogens is 6. The minimum absolute atomic E-state index is 0.00950. The molecule has 1 fully saturated rings. The van der Waals surface area contributed by atoms with Crippen LogP contribution in [0.1, 0.15) is 24.0 Å². The molecule has 1 aliphatic carbocycles. The van der Waals surface area contributed by atoms with Crippen molar-refractivity contribution in [1.82, 2.24) is 0 Å². The second-order valence-electron chi connectivity index (χ2n) is 4.77. The Morgan fingerprint density at radius 2 is 1.48 bits per heavy atom. The molecule has 0 saturated heterocycles. The highest BCUT2D eigenvalue weighted by Gasteiger charge is 2.37. The summed E-state index contributed by atoms with van der Waals surface area (Å²) < 4.78 is 80.3. The SMILES string of the molecule is O=C(COc1cc(C(F)(F)F)cc(C(F)(F)F)c1)C1CC1. The fraction of sp³-hybridized carbons (Fsp3) is 0.462. The van der Waals surface area contributed by atoms with Gasteiger partial charge in [0.25, 0.3) is 0 Å². The molecule has 21 heavy (non-hydrogen) atoms. The highest BCUT2D eigenvalue weighted by Crippen LogP contribution is 2.38. The lowest BCUT2D eigenvalue weighted by Gasteiger charge is -2.14. The Morgan fingerprint density at radius 1 is 1.00 bits per heavy atom. The van der Waals surface area contributed by atoms with Crippen molar-refractivity contribution < 1.29 is 35.9 Å². The lowest BCUT2D eigenvalue weighted by atomic mass is 10.1. The van der Waals surface area contributed by atoms with E-state index in [1.165, 1.54) is 0 Å². The van der Waals surface area contributed by atoms with E-state index in [1.54, 1.807) is 0 Å². The van der Waals surface area contributed by atoms with E-state index in [0.29, 0.717) is 25.0 Å². The Morgan fingerprint density at radius 3 is 1.86 bits per heavy atom. The number of alkyl halides is 6. The van der Waals surface area contributed by atoms with Crippen LogP contribution >= 0.6 is 0 Å². The molecule has 0 atom stereocenters. The van der Waals surface area contributed by atoms with Crippen LogP contribution in [-0.4, -0.2) is 12.4 Å². The largest absolute Gasteiger partial charge is 0.486 e. The van der Waals surface area contributed by atoms with Crippen LogP contribution in [0.4, 0.5) is 26.3 Å². The van der Waals surface area contributed by atoms with Crippen molar-refractivity contribution in [2.24, 2.45) is 5.92 Å². The summed E-state index contributed by atoms with van der Waals surface area (Å²) in [5.41, 5.74) is -2.93. The minimum atomic E-state index is -4.93. The van der Waals surface area contributed by atoms with Gasteiger partial charge in [-0.15, -0.1) is 0 Å². The number of carbonyl (C=O) groups is 1. The average molecular weight is 312 g/mol. The molecule has 0 aliphatic heterocycles. The van der Waals surface area contributed by atoms with Crippen LogP contribution in [-0.2, 0) is 17.1 Å². The second-order valence-corrected chi connectivity index (χ2v) is 4.77. The molecular weight excluding hydrogens is 302 g/mol. The summed E-state index contributed by atoms with van der Waals surface area (Å²) in [7, 11) is 0. The molecule has 116 valence electrons. The molecule has 8 heteroatoms. The molecule has 0 radical (unpaired) electrons. The molecule has 0 aromatic heterocycles. The zero-order valence-corrected chi connectivity index (χ0v) is 10.5. The van der Waals surface area contributed by atoms with Crippen molar-refractivity contribution >= 4 is 5.78 Å². The van der Waals surface area contributed by atoms with Crippen molar-refractivity contribution in [3.63, 3.8) is 0 Å². The first kappa shape index (κ1) is 15.7. The summed E-state index contributed by atoms with van der Waals surface area (Å²) >= 11 is 0. The van der Waals surface area contributed by atoms with E-state index in [4.69, 9.17) is 4.74 Å². The van der Waals surface area contributed by atoms with Crippen LogP contribution < -0.4 is 4.74 Å². The van der Waals surface area contributed by atoms with E-state index < -0.39 is 35.8 Å². The van der Waals surface area contributed by atoms with E-state index in [1.807, 2.05) is 0 Å². The maximum absolute atomic E-state index is 12.6. The number of ether oxygens (including phenoxy) is 1. The molecule has 1 saturated carbocycles. The van der Waals surface area contributed by atoms with Crippen molar-refractivity contribution in [3.05, 3.63) is 29.3 Å². The maximum atomic E-state index is 12.6. The Hall–Kier alpha value is -1.73. The van der Waals surface area contributed by atoms with E-state index in [2.05, 4.69) is 0 Å². The summed E-state index contributed by atoms with van der Waals surface area (Å²) in [4.78, 5) is 11.4. The number of ketones is 1. The van der Waals surface area contributed by atoms with Gasteiger partial charge in [0.15, 0.2) is 5.78 Å². The minimum Gasteiger partial charge on any atom is -0.486 e. The Balaban J connectivity index is 2.24. The maximum Gasteiger partial charge on any atom is 0.416 e. The van der Waals surface area contributed by atoms with E-state index in [-0.39, 0.29) is 17.8 Å². The molecule has 0 bridgehead atoms. The van der Waals surface area contributed by atoms with Gasteiger partial charge in [0.1, 0.15) is 12.4 Å². The van der Waals surface area contributed by atoms with Crippen LogP contribution in [0.5, 0.6) is 5.75 Å². The second kappa shape index (κ2) is 5.23. The van der Waals surface area contributed by atoms with Gasteiger partial charge in [-0.3, -0.25) is 4.79 Å². The van der Waals surface area contributed by atoms with Gasteiger partial charge in [-0.25, -0.2) is 0 Å². The molecule has 0 heterocycles. The van der Waals surface area contributed by atoms with Gasteiger partial charge in [0.05, 0.1) is 11.1 Å². The first-order valence-electron chi connectivity index (χ1n) is 6.02. The molecule has 1 aliphatic rings. The zero-order valence-electron chi connectivity index (χ0n) is 10.5. The quantitative estimate of drug-likeness (QED) is 0.783. The van der Waals surface area contributed by atoms with Gasteiger partial charge in [0, 0.05) is 5.92 Å². The molecular formula is C13H10F6O2. The van der Waals surface area contributed by atoms with Crippen LogP contribution in [0.25, 0.3) is 0 Å². The summed E-state index contributed by atoms with van der Waals surface area (Å²) in [6.45, 7) is -0.525. The summed E-state index contributed by atoms with van der Waals surface area (Å²) in [5, 5.41) is 0. The molecule has 1 aromatic rings. The van der Waals surface area contributed by atoms with Crippen LogP contribution in [0.15, 0.2) is 18.2 Å². The topological polar surface area (TPSA) is 26.3 Å². The molecule has 0 unspecified atom stereocenters. The van der Waals surface area contributed by atoms with Crippen molar-refractivity contribution in [3.8, 4) is 5.75 Å². The summed E-state index contributed by atoms with van der Waals surface area (Å²) in [6.07, 6.45) is -8.50. The first-order valence-corrected chi connectivity index (χ1v) is 6.02. The third-order valence-electron chi connectivity index (χ3n) is 2.97. The highest BCUT2D eigenvalue weighted by molar-refractivity contribution is 5.84. The molecule has 0 amide bonds. The lowest BCUT2D eigenvalue weighted by molar-refractivity contribution is -0.143. The van der Waals surface area contributed by atoms with Gasteiger partial charge in [-0.2, -0.15) is 26.3 Å². The Bertz CT molecular complexity index is 510. The van der Waals surface area contributed by atoms with Crippen LogP contribution in [0.2, 0.25) is 0 Å². The van der Waals surface area contributed by atoms with Crippen LogP contribution in [0.3, 0.4) is 0 Å². The number of hydrogen-bond donors (Lipinski definition) is 0. The average Bonchev–Trinajstić information content (AvgIpc) is 3.17. The standard InChI is InChI=1S/C13H10F6O2/c14-12(15,16)8-3-9(13(17,18)19)5-10(4-8)21-6-11(20)7-1-2-7/h3-5,7H,1-2,6H2. The predicted octanol–water partition coefficient (Wildman–Crippen LogP) is 4.08. The van der Waals surface area contributed by atoms with Gasteiger partial charge >= 0.3 is 12.4 Å². The number of Topliss-reactive ketones (excluding diaryl/α,β-unsaturated/α-hetero) is 1. The molecule has 0 N–H and O–H groups in total. The van der Waals surface area contributed by atoms with Gasteiger partial charge < -0.3 is 4.74 Å². The molecule has 2 nitrogen and oxygen atoms in total. The first-order chi connectivity index (χ1) is 9.57. The number of hydrogen-bond acceptors (Lipinski definition) is 2. The molecule has 2 rings (SSSR count). The summed E-state index contributed by atoms with van der Waals surface area (Å²) in [5.74, 6) is -1.12. The van der Waals surface area contributed by atoms with E-state index in [9.17, 15) is 31.1 Å². The zero-order chi connectivity index (χ0) is 15.8.